The molecule has 1 atom stereocenters. The number of nitrogens with one attached hydrogen (secondary N) is 1. The van der Waals surface area contributed by atoms with E-state index in [-0.39, 0.29) is 12.0 Å². The van der Waals surface area contributed by atoms with Crippen LogP contribution in [0.25, 0.3) is 10.9 Å². The van der Waals surface area contributed by atoms with Crippen LogP contribution >= 0.6 is 0 Å². The fourth-order valence-electron chi connectivity index (χ4n) is 3.21. The van der Waals surface area contributed by atoms with Crippen molar-refractivity contribution in [1.29, 1.82) is 0 Å². The molecule has 4 rings (SSSR count). The van der Waals surface area contributed by atoms with Gasteiger partial charge in [-0.3, -0.25) is 9.48 Å². The molecule has 1 aliphatic heterocycles. The highest BCUT2D eigenvalue weighted by atomic mass is 16.5. The van der Waals surface area contributed by atoms with Crippen LogP contribution in [0.3, 0.4) is 0 Å². The lowest BCUT2D eigenvalue weighted by molar-refractivity contribution is 0.0929. The lowest BCUT2D eigenvalue weighted by Crippen LogP contribution is -2.25. The molecule has 1 N–H and O–H groups in total. The minimum absolute atomic E-state index is 0.177. The van der Waals surface area contributed by atoms with Crippen molar-refractivity contribution in [2.45, 2.75) is 38.5 Å². The van der Waals surface area contributed by atoms with Gasteiger partial charge in [-0.15, -0.1) is 5.10 Å². The van der Waals surface area contributed by atoms with E-state index in [9.17, 15) is 4.79 Å². The minimum atomic E-state index is -0.200. The fourth-order valence-corrected chi connectivity index (χ4v) is 3.21. The predicted octanol–water partition coefficient (Wildman–Crippen LogP) is 1.63. The summed E-state index contributed by atoms with van der Waals surface area (Å²) in [6.45, 7) is 2.76. The summed E-state index contributed by atoms with van der Waals surface area (Å²) in [7, 11) is 0. The van der Waals surface area contributed by atoms with Gasteiger partial charge < -0.3 is 10.1 Å². The number of nitrogens with zero attached hydrogens (tertiary/aromatic N) is 5. The Morgan fingerprint density at radius 2 is 2.27 bits per heavy atom. The molecule has 1 fully saturated rings. The molecule has 8 nitrogen and oxygen atoms in total. The van der Waals surface area contributed by atoms with E-state index in [0.29, 0.717) is 18.8 Å². The summed E-state index contributed by atoms with van der Waals surface area (Å²) in [6, 6.07) is 8.09. The second-order valence-corrected chi connectivity index (χ2v) is 6.50. The van der Waals surface area contributed by atoms with Crippen molar-refractivity contribution in [1.82, 2.24) is 30.1 Å². The van der Waals surface area contributed by atoms with Gasteiger partial charge in [0.15, 0.2) is 5.69 Å². The number of amides is 1. The number of carbonyl (C=O) groups excluding carboxylic acids is 1. The molecule has 0 saturated carbocycles. The molecular weight excluding hydrogens is 332 g/mol. The number of rotatable bonds is 7. The fraction of sp³-hybridized carbons (Fsp3) is 0.444. The minimum Gasteiger partial charge on any atom is -0.376 e. The molecule has 136 valence electrons. The third kappa shape index (κ3) is 3.75. The van der Waals surface area contributed by atoms with Gasteiger partial charge in [-0.05, 0) is 25.3 Å². The molecule has 1 aromatic carbocycles. The van der Waals surface area contributed by atoms with Crippen molar-refractivity contribution in [3.63, 3.8) is 0 Å². The SMILES string of the molecule is O=C(NCCCn1ncc2ccccc21)c1cn(CC2CCCO2)nn1. The Morgan fingerprint density at radius 1 is 1.35 bits per heavy atom. The predicted molar refractivity (Wildman–Crippen MR) is 95.7 cm³/mol. The summed E-state index contributed by atoms with van der Waals surface area (Å²) < 4.78 is 9.21. The first kappa shape index (κ1) is 16.7. The molecule has 0 radical (unpaired) electrons. The molecule has 1 aliphatic rings. The van der Waals surface area contributed by atoms with E-state index in [1.54, 1.807) is 10.9 Å². The largest absolute Gasteiger partial charge is 0.376 e. The van der Waals surface area contributed by atoms with E-state index < -0.39 is 0 Å². The lowest BCUT2D eigenvalue weighted by Gasteiger charge is -2.07. The van der Waals surface area contributed by atoms with Crippen molar-refractivity contribution in [3.05, 3.63) is 42.4 Å². The van der Waals surface area contributed by atoms with Crippen LogP contribution in [0.2, 0.25) is 0 Å². The number of ether oxygens (including phenoxy) is 1. The zero-order chi connectivity index (χ0) is 17.8. The number of benzene rings is 1. The van der Waals surface area contributed by atoms with Gasteiger partial charge in [0.1, 0.15) is 0 Å². The second-order valence-electron chi connectivity index (χ2n) is 6.50. The van der Waals surface area contributed by atoms with E-state index in [1.165, 1.54) is 0 Å². The monoisotopic (exact) mass is 354 g/mol. The van der Waals surface area contributed by atoms with Gasteiger partial charge in [0.05, 0.1) is 30.6 Å². The van der Waals surface area contributed by atoms with E-state index in [2.05, 4.69) is 20.7 Å². The quantitative estimate of drug-likeness (QED) is 0.652. The molecular formula is C18H22N6O2. The van der Waals surface area contributed by atoms with Crippen LogP contribution in [0.4, 0.5) is 0 Å². The van der Waals surface area contributed by atoms with Gasteiger partial charge in [0, 0.05) is 25.1 Å². The highest BCUT2D eigenvalue weighted by molar-refractivity contribution is 5.91. The molecule has 1 amide bonds. The van der Waals surface area contributed by atoms with Gasteiger partial charge in [0.2, 0.25) is 0 Å². The third-order valence-electron chi connectivity index (χ3n) is 4.57. The molecule has 1 unspecified atom stereocenters. The molecule has 0 aliphatic carbocycles. The molecule has 3 heterocycles. The normalized spacial score (nSPS) is 17.0. The number of hydrogen-bond acceptors (Lipinski definition) is 5. The van der Waals surface area contributed by atoms with E-state index in [4.69, 9.17) is 4.74 Å². The molecule has 8 heteroatoms. The van der Waals surface area contributed by atoms with Crippen LogP contribution in [0.5, 0.6) is 0 Å². The average molecular weight is 354 g/mol. The Bertz CT molecular complexity index is 881. The van der Waals surface area contributed by atoms with Gasteiger partial charge in [-0.1, -0.05) is 23.4 Å². The van der Waals surface area contributed by atoms with Gasteiger partial charge in [0.25, 0.3) is 5.91 Å². The summed E-state index contributed by atoms with van der Waals surface area (Å²) in [5.41, 5.74) is 1.45. The lowest BCUT2D eigenvalue weighted by atomic mass is 10.2. The first-order chi connectivity index (χ1) is 12.8. The zero-order valence-electron chi connectivity index (χ0n) is 14.5. The zero-order valence-corrected chi connectivity index (χ0v) is 14.5. The topological polar surface area (TPSA) is 86.9 Å². The third-order valence-corrected chi connectivity index (χ3v) is 4.57. The molecule has 2 aromatic heterocycles. The maximum Gasteiger partial charge on any atom is 0.273 e. The van der Waals surface area contributed by atoms with Gasteiger partial charge in [-0.2, -0.15) is 5.10 Å². The number of para-hydroxylation sites is 1. The number of carbonyl (C=O) groups is 1. The highest BCUT2D eigenvalue weighted by Gasteiger charge is 2.18. The molecule has 26 heavy (non-hydrogen) atoms. The Kier molecular flexibility index (Phi) is 4.92. The summed E-state index contributed by atoms with van der Waals surface area (Å²) in [6.07, 6.45) is 6.62. The molecule has 0 spiro atoms. The van der Waals surface area contributed by atoms with Gasteiger partial charge >= 0.3 is 0 Å². The number of hydrogen-bond donors (Lipinski definition) is 1. The van der Waals surface area contributed by atoms with Crippen molar-refractivity contribution in [2.75, 3.05) is 13.2 Å². The Hall–Kier alpha value is -2.74. The summed E-state index contributed by atoms with van der Waals surface area (Å²) in [5.74, 6) is -0.200. The van der Waals surface area contributed by atoms with Crippen LogP contribution < -0.4 is 5.32 Å². The van der Waals surface area contributed by atoms with Crippen LogP contribution in [0.1, 0.15) is 29.8 Å². The Balaban J connectivity index is 1.24. The molecule has 3 aromatic rings. The maximum absolute atomic E-state index is 12.2. The average Bonchev–Trinajstić information content (AvgIpc) is 3.40. The van der Waals surface area contributed by atoms with Crippen molar-refractivity contribution in [2.24, 2.45) is 0 Å². The number of aryl methyl sites for hydroxylation is 1. The highest BCUT2D eigenvalue weighted by Crippen LogP contribution is 2.14. The first-order valence-corrected chi connectivity index (χ1v) is 9.00. The Labute approximate surface area is 151 Å². The van der Waals surface area contributed by atoms with Crippen molar-refractivity contribution >= 4 is 16.8 Å². The number of fused-ring (bicyclic) bond motifs is 1. The van der Waals surface area contributed by atoms with Gasteiger partial charge in [-0.25, -0.2) is 4.68 Å². The molecule has 0 bridgehead atoms. The summed E-state index contributed by atoms with van der Waals surface area (Å²) >= 11 is 0. The smallest absolute Gasteiger partial charge is 0.273 e. The van der Waals surface area contributed by atoms with Crippen LogP contribution in [-0.4, -0.2) is 49.9 Å². The Morgan fingerprint density at radius 3 is 3.15 bits per heavy atom. The maximum atomic E-state index is 12.2. The van der Waals surface area contributed by atoms with Crippen LogP contribution in [-0.2, 0) is 17.8 Å². The molecule has 1 saturated heterocycles. The second kappa shape index (κ2) is 7.65. The summed E-state index contributed by atoms with van der Waals surface area (Å²) in [5, 5.41) is 16.4. The summed E-state index contributed by atoms with van der Waals surface area (Å²) in [4.78, 5) is 12.2. The van der Waals surface area contributed by atoms with Crippen LogP contribution in [0, 0.1) is 0 Å². The van der Waals surface area contributed by atoms with Crippen molar-refractivity contribution in [3.8, 4) is 0 Å². The van der Waals surface area contributed by atoms with E-state index in [1.807, 2.05) is 35.1 Å². The van der Waals surface area contributed by atoms with Crippen molar-refractivity contribution < 1.29 is 9.53 Å². The van der Waals surface area contributed by atoms with E-state index in [0.717, 1.165) is 43.3 Å². The van der Waals surface area contributed by atoms with Crippen LogP contribution in [0.15, 0.2) is 36.7 Å². The number of aromatic nitrogens is 5. The van der Waals surface area contributed by atoms with E-state index >= 15 is 0 Å². The standard InChI is InChI=1S/C18H22N6O2/c25-18(16-13-23(22-21-16)12-15-6-3-10-26-15)19-8-4-9-24-17-7-2-1-5-14(17)11-20-24/h1-2,5,7,11,13,15H,3-4,6,8-10,12H2,(H,19,25). The first-order valence-electron chi connectivity index (χ1n) is 9.00.